The molecular weight excluding hydrogens is 244 g/mol. The summed E-state index contributed by atoms with van der Waals surface area (Å²) in [7, 11) is 0. The van der Waals surface area contributed by atoms with E-state index in [2.05, 4.69) is 10.3 Å². The van der Waals surface area contributed by atoms with Crippen molar-refractivity contribution in [3.05, 3.63) is 53.2 Å². The molecule has 2 N–H and O–H groups in total. The van der Waals surface area contributed by atoms with E-state index >= 15 is 0 Å². The second-order valence-electron chi connectivity index (χ2n) is 4.28. The lowest BCUT2D eigenvalue weighted by Crippen LogP contribution is -2.16. The van der Waals surface area contributed by atoms with Crippen LogP contribution in [0, 0.1) is 6.92 Å². The van der Waals surface area contributed by atoms with E-state index in [9.17, 15) is 4.79 Å². The van der Waals surface area contributed by atoms with Gasteiger partial charge in [-0.25, -0.2) is 4.79 Å². The van der Waals surface area contributed by atoms with E-state index in [1.165, 1.54) is 5.56 Å². The molecule has 5 nitrogen and oxygen atoms in total. The second kappa shape index (κ2) is 6.15. The molecule has 0 saturated carbocycles. The van der Waals surface area contributed by atoms with Gasteiger partial charge in [-0.05, 0) is 43.7 Å². The van der Waals surface area contributed by atoms with Gasteiger partial charge in [-0.1, -0.05) is 0 Å². The number of rotatable bonds is 6. The molecule has 2 aromatic heterocycles. The molecule has 0 aromatic carbocycles. The summed E-state index contributed by atoms with van der Waals surface area (Å²) in [5.74, 6) is -0.400. The first-order valence-corrected chi connectivity index (χ1v) is 6.09. The third-order valence-electron chi connectivity index (χ3n) is 2.89. The van der Waals surface area contributed by atoms with Gasteiger partial charge in [0.05, 0.1) is 0 Å². The van der Waals surface area contributed by atoms with Crippen LogP contribution in [0.5, 0.6) is 0 Å². The Labute approximate surface area is 111 Å². The van der Waals surface area contributed by atoms with Gasteiger partial charge in [0.25, 0.3) is 0 Å². The first kappa shape index (κ1) is 13.3. The lowest BCUT2D eigenvalue weighted by atomic mass is 10.2. The Hall–Kier alpha value is -2.14. The predicted molar refractivity (Wildman–Crippen MR) is 70.1 cm³/mol. The molecule has 100 valence electrons. The Morgan fingerprint density at radius 1 is 1.42 bits per heavy atom. The third kappa shape index (κ3) is 3.66. The predicted octanol–water partition coefficient (Wildman–Crippen LogP) is 2.01. The van der Waals surface area contributed by atoms with E-state index in [-0.39, 0.29) is 5.76 Å². The van der Waals surface area contributed by atoms with Crippen molar-refractivity contribution in [2.45, 2.75) is 19.9 Å². The Balaban J connectivity index is 1.81. The fourth-order valence-corrected chi connectivity index (χ4v) is 1.81. The SMILES string of the molecule is Cc1oc(C(=O)O)cc1CNCCc1ccncc1. The standard InChI is InChI=1S/C14H16N2O3/c1-10-12(8-13(19-10)14(17)18)9-16-7-4-11-2-5-15-6-3-11/h2-3,5-6,8,16H,4,7,9H2,1H3,(H,17,18). The maximum Gasteiger partial charge on any atom is 0.371 e. The van der Waals surface area contributed by atoms with E-state index in [0.717, 1.165) is 18.5 Å². The summed E-state index contributed by atoms with van der Waals surface area (Å²) in [6, 6.07) is 5.53. The lowest BCUT2D eigenvalue weighted by Gasteiger charge is -2.03. The van der Waals surface area contributed by atoms with Crippen LogP contribution >= 0.6 is 0 Å². The minimum atomic E-state index is -1.04. The fourth-order valence-electron chi connectivity index (χ4n) is 1.81. The van der Waals surface area contributed by atoms with Crippen LogP contribution in [-0.4, -0.2) is 22.6 Å². The van der Waals surface area contributed by atoms with Crippen molar-refractivity contribution in [1.29, 1.82) is 0 Å². The first-order chi connectivity index (χ1) is 9.16. The number of nitrogens with one attached hydrogen (secondary N) is 1. The molecule has 0 saturated heterocycles. The molecule has 0 fully saturated rings. The van der Waals surface area contributed by atoms with Gasteiger partial charge in [0.2, 0.25) is 5.76 Å². The molecule has 0 aliphatic carbocycles. The van der Waals surface area contributed by atoms with E-state index in [1.54, 1.807) is 25.4 Å². The van der Waals surface area contributed by atoms with Crippen molar-refractivity contribution in [3.63, 3.8) is 0 Å². The molecule has 0 aliphatic heterocycles. The van der Waals surface area contributed by atoms with E-state index in [0.29, 0.717) is 12.3 Å². The fraction of sp³-hybridized carbons (Fsp3) is 0.286. The first-order valence-electron chi connectivity index (χ1n) is 6.09. The number of hydrogen-bond donors (Lipinski definition) is 2. The Kier molecular flexibility index (Phi) is 4.30. The van der Waals surface area contributed by atoms with Crippen molar-refractivity contribution in [2.24, 2.45) is 0 Å². The highest BCUT2D eigenvalue weighted by molar-refractivity contribution is 5.84. The Morgan fingerprint density at radius 2 is 2.16 bits per heavy atom. The van der Waals surface area contributed by atoms with Gasteiger partial charge >= 0.3 is 5.97 Å². The molecule has 19 heavy (non-hydrogen) atoms. The molecule has 2 aromatic rings. The number of carboxylic acids is 1. The van der Waals surface area contributed by atoms with Gasteiger partial charge in [0.1, 0.15) is 5.76 Å². The van der Waals surface area contributed by atoms with Gasteiger partial charge in [-0.3, -0.25) is 4.98 Å². The van der Waals surface area contributed by atoms with Gasteiger partial charge in [0.15, 0.2) is 0 Å². The molecule has 0 atom stereocenters. The van der Waals surface area contributed by atoms with Crippen LogP contribution in [0.15, 0.2) is 35.0 Å². The van der Waals surface area contributed by atoms with Gasteiger partial charge in [-0.2, -0.15) is 0 Å². The van der Waals surface area contributed by atoms with E-state index < -0.39 is 5.97 Å². The van der Waals surface area contributed by atoms with Crippen LogP contribution in [0.4, 0.5) is 0 Å². The highest BCUT2D eigenvalue weighted by Gasteiger charge is 2.12. The van der Waals surface area contributed by atoms with Crippen molar-refractivity contribution in [2.75, 3.05) is 6.54 Å². The summed E-state index contributed by atoms with van der Waals surface area (Å²) in [6.07, 6.45) is 4.45. The number of carbonyl (C=O) groups is 1. The Bertz CT molecular complexity index is 549. The van der Waals surface area contributed by atoms with Crippen LogP contribution < -0.4 is 5.32 Å². The highest BCUT2D eigenvalue weighted by Crippen LogP contribution is 2.14. The number of nitrogens with zero attached hydrogens (tertiary/aromatic N) is 1. The molecular formula is C14H16N2O3. The molecule has 0 bridgehead atoms. The average Bonchev–Trinajstić information content (AvgIpc) is 2.78. The summed E-state index contributed by atoms with van der Waals surface area (Å²) in [4.78, 5) is 14.7. The Morgan fingerprint density at radius 3 is 2.79 bits per heavy atom. The summed E-state index contributed by atoms with van der Waals surface area (Å²) < 4.78 is 5.14. The molecule has 0 aliphatic rings. The van der Waals surface area contributed by atoms with Crippen LogP contribution in [0.2, 0.25) is 0 Å². The zero-order valence-corrected chi connectivity index (χ0v) is 10.7. The zero-order chi connectivity index (χ0) is 13.7. The average molecular weight is 260 g/mol. The summed E-state index contributed by atoms with van der Waals surface area (Å²) in [5, 5.41) is 12.1. The second-order valence-corrected chi connectivity index (χ2v) is 4.28. The molecule has 0 unspecified atom stereocenters. The van der Waals surface area contributed by atoms with E-state index in [4.69, 9.17) is 9.52 Å². The summed E-state index contributed by atoms with van der Waals surface area (Å²) in [6.45, 7) is 3.19. The van der Waals surface area contributed by atoms with Gasteiger partial charge < -0.3 is 14.8 Å². The van der Waals surface area contributed by atoms with Crippen molar-refractivity contribution < 1.29 is 14.3 Å². The summed E-state index contributed by atoms with van der Waals surface area (Å²) in [5.41, 5.74) is 2.10. The van der Waals surface area contributed by atoms with Crippen LogP contribution in [0.1, 0.15) is 27.4 Å². The molecule has 0 amide bonds. The smallest absolute Gasteiger partial charge is 0.371 e. The maximum atomic E-state index is 10.8. The van der Waals surface area contributed by atoms with Gasteiger partial charge in [0, 0.05) is 24.5 Å². The molecule has 0 radical (unpaired) electrons. The highest BCUT2D eigenvalue weighted by atomic mass is 16.4. The summed E-state index contributed by atoms with van der Waals surface area (Å²) >= 11 is 0. The number of carboxylic acid groups (broad SMARTS) is 1. The monoisotopic (exact) mass is 260 g/mol. The lowest BCUT2D eigenvalue weighted by molar-refractivity contribution is 0.0661. The zero-order valence-electron chi connectivity index (χ0n) is 10.7. The van der Waals surface area contributed by atoms with Crippen molar-refractivity contribution >= 4 is 5.97 Å². The number of aromatic nitrogens is 1. The molecule has 2 heterocycles. The molecule has 5 heteroatoms. The topological polar surface area (TPSA) is 75.4 Å². The normalized spacial score (nSPS) is 10.6. The van der Waals surface area contributed by atoms with Gasteiger partial charge in [-0.15, -0.1) is 0 Å². The molecule has 2 rings (SSSR count). The largest absolute Gasteiger partial charge is 0.475 e. The number of aromatic carboxylic acids is 1. The number of furan rings is 1. The quantitative estimate of drug-likeness (QED) is 0.777. The van der Waals surface area contributed by atoms with Crippen LogP contribution in [0.3, 0.4) is 0 Å². The van der Waals surface area contributed by atoms with Crippen LogP contribution in [-0.2, 0) is 13.0 Å². The van der Waals surface area contributed by atoms with Crippen molar-refractivity contribution in [1.82, 2.24) is 10.3 Å². The van der Waals surface area contributed by atoms with Crippen molar-refractivity contribution in [3.8, 4) is 0 Å². The van der Waals surface area contributed by atoms with Crippen LogP contribution in [0.25, 0.3) is 0 Å². The minimum Gasteiger partial charge on any atom is -0.475 e. The minimum absolute atomic E-state index is 0.0107. The third-order valence-corrected chi connectivity index (χ3v) is 2.89. The maximum absolute atomic E-state index is 10.8. The number of pyridine rings is 1. The number of hydrogen-bond acceptors (Lipinski definition) is 4. The van der Waals surface area contributed by atoms with E-state index in [1.807, 2.05) is 12.1 Å². The molecule has 0 spiro atoms. The number of aryl methyl sites for hydroxylation is 1.